The summed E-state index contributed by atoms with van der Waals surface area (Å²) in [5.74, 6) is -3.28. The lowest BCUT2D eigenvalue weighted by atomic mass is 9.80. The van der Waals surface area contributed by atoms with Crippen molar-refractivity contribution in [1.82, 2.24) is 0 Å². The average Bonchev–Trinajstić information content (AvgIpc) is 3.35. The van der Waals surface area contributed by atoms with E-state index in [4.69, 9.17) is 28.4 Å². The molecule has 0 radical (unpaired) electrons. The van der Waals surface area contributed by atoms with Gasteiger partial charge in [-0.3, -0.25) is 0 Å². The Hall–Kier alpha value is -7.66. The molecule has 0 bridgehead atoms. The minimum absolute atomic E-state index is 0.153. The maximum absolute atomic E-state index is 14.2. The second-order valence-corrected chi connectivity index (χ2v) is 14.6. The van der Waals surface area contributed by atoms with E-state index in [1.807, 2.05) is 91.0 Å². The van der Waals surface area contributed by atoms with E-state index in [2.05, 4.69) is 0 Å². The highest BCUT2D eigenvalue weighted by Gasteiger charge is 2.55. The third-order valence-corrected chi connectivity index (χ3v) is 10.6. The van der Waals surface area contributed by atoms with Gasteiger partial charge < -0.3 is 28.4 Å². The molecule has 1 unspecified atom stereocenters. The summed E-state index contributed by atoms with van der Waals surface area (Å²) in [5, 5.41) is 0. The van der Waals surface area contributed by atoms with Crippen LogP contribution in [0.25, 0.3) is 0 Å². The molecule has 8 rings (SSSR count). The summed E-state index contributed by atoms with van der Waals surface area (Å²) in [7, 11) is 0. The lowest BCUT2D eigenvalue weighted by Gasteiger charge is -2.45. The number of benzene rings is 7. The number of rotatable bonds is 14. The van der Waals surface area contributed by atoms with Gasteiger partial charge in [-0.15, -0.1) is 0 Å². The van der Waals surface area contributed by atoms with Crippen molar-refractivity contribution in [3.05, 3.63) is 251 Å². The molecule has 63 heavy (non-hydrogen) atoms. The summed E-state index contributed by atoms with van der Waals surface area (Å²) in [6.07, 6.45) is -7.88. The van der Waals surface area contributed by atoms with Crippen molar-refractivity contribution in [2.24, 2.45) is 0 Å². The van der Waals surface area contributed by atoms with E-state index in [9.17, 15) is 19.2 Å². The topological polar surface area (TPSA) is 124 Å². The minimum Gasteiger partial charge on any atom is -0.452 e. The Morgan fingerprint density at radius 1 is 0.365 bits per heavy atom. The lowest BCUT2D eigenvalue weighted by molar-refractivity contribution is -0.288. The van der Waals surface area contributed by atoms with Gasteiger partial charge in [-0.05, 0) is 65.2 Å². The smallest absolute Gasteiger partial charge is 0.340 e. The number of hydrogen-bond acceptors (Lipinski definition) is 10. The highest BCUT2D eigenvalue weighted by molar-refractivity contribution is 5.92. The van der Waals surface area contributed by atoms with E-state index in [0.29, 0.717) is 0 Å². The Bertz CT molecular complexity index is 2480. The van der Waals surface area contributed by atoms with Crippen LogP contribution in [0.3, 0.4) is 0 Å². The van der Waals surface area contributed by atoms with Gasteiger partial charge in [0.2, 0.25) is 12.4 Å². The summed E-state index contributed by atoms with van der Waals surface area (Å²) < 4.78 is 38.7. The van der Waals surface area contributed by atoms with Crippen LogP contribution in [0.5, 0.6) is 0 Å². The second kappa shape index (κ2) is 19.8. The van der Waals surface area contributed by atoms with Crippen molar-refractivity contribution < 1.29 is 47.6 Å². The molecule has 10 heteroatoms. The molecular formula is C53H42O10. The first kappa shape index (κ1) is 42.0. The van der Waals surface area contributed by atoms with Crippen molar-refractivity contribution in [3.63, 3.8) is 0 Å². The third kappa shape index (κ3) is 9.63. The van der Waals surface area contributed by atoms with Crippen molar-refractivity contribution in [2.75, 3.05) is 6.61 Å². The molecule has 0 aliphatic carbocycles. The van der Waals surface area contributed by atoms with Crippen molar-refractivity contribution >= 4 is 23.9 Å². The van der Waals surface area contributed by atoms with Crippen molar-refractivity contribution in [2.45, 2.75) is 36.3 Å². The predicted octanol–water partition coefficient (Wildman–Crippen LogP) is 9.25. The molecule has 314 valence electrons. The van der Waals surface area contributed by atoms with Gasteiger partial charge in [-0.2, -0.15) is 0 Å². The monoisotopic (exact) mass is 838 g/mol. The van der Waals surface area contributed by atoms with Crippen LogP contribution >= 0.6 is 0 Å². The SMILES string of the molecule is O=C(OC1O[C@H](COC(c2ccccc2)(c2ccccc2)c2ccccc2)[C@H](OC(=O)c2ccccc2)[C@H](OC(=O)c2ccccc2)[C@H]1OC(=O)c1ccccc1)c1ccccc1. The van der Waals surface area contributed by atoms with Crippen LogP contribution in [0.1, 0.15) is 58.1 Å². The summed E-state index contributed by atoms with van der Waals surface area (Å²) in [6.45, 7) is -0.344. The second-order valence-electron chi connectivity index (χ2n) is 14.6. The van der Waals surface area contributed by atoms with E-state index in [1.165, 1.54) is 0 Å². The van der Waals surface area contributed by atoms with Crippen LogP contribution in [0.2, 0.25) is 0 Å². The van der Waals surface area contributed by atoms with Gasteiger partial charge >= 0.3 is 23.9 Å². The van der Waals surface area contributed by atoms with Gasteiger partial charge in [0.1, 0.15) is 11.7 Å². The molecule has 5 atom stereocenters. The van der Waals surface area contributed by atoms with Crippen LogP contribution in [0.15, 0.2) is 212 Å². The maximum Gasteiger partial charge on any atom is 0.340 e. The Balaban J connectivity index is 1.27. The Morgan fingerprint density at radius 3 is 1.00 bits per heavy atom. The Labute approximate surface area is 364 Å². The average molecular weight is 839 g/mol. The molecule has 7 aromatic carbocycles. The van der Waals surface area contributed by atoms with Gasteiger partial charge in [0.15, 0.2) is 12.2 Å². The molecule has 1 aliphatic rings. The van der Waals surface area contributed by atoms with Crippen molar-refractivity contribution in [3.8, 4) is 0 Å². The predicted molar refractivity (Wildman–Crippen MR) is 233 cm³/mol. The van der Waals surface area contributed by atoms with Crippen LogP contribution in [0.4, 0.5) is 0 Å². The first-order valence-corrected chi connectivity index (χ1v) is 20.4. The molecule has 1 fully saturated rings. The van der Waals surface area contributed by atoms with Crippen LogP contribution < -0.4 is 0 Å². The van der Waals surface area contributed by atoms with Crippen molar-refractivity contribution in [1.29, 1.82) is 0 Å². The fourth-order valence-electron chi connectivity index (χ4n) is 7.53. The molecule has 0 aromatic heterocycles. The van der Waals surface area contributed by atoms with E-state index < -0.39 is 60.2 Å². The molecule has 1 heterocycles. The number of esters is 4. The zero-order valence-corrected chi connectivity index (χ0v) is 33.9. The minimum atomic E-state index is -1.72. The number of carbonyl (C=O) groups is 4. The molecule has 0 saturated carbocycles. The molecule has 10 nitrogen and oxygen atoms in total. The molecular weight excluding hydrogens is 797 g/mol. The number of hydrogen-bond donors (Lipinski definition) is 0. The van der Waals surface area contributed by atoms with E-state index in [-0.39, 0.29) is 28.9 Å². The number of ether oxygens (including phenoxy) is 6. The highest BCUT2D eigenvalue weighted by atomic mass is 16.7. The molecule has 1 saturated heterocycles. The van der Waals surface area contributed by atoms with Gasteiger partial charge in [-0.25, -0.2) is 19.2 Å². The highest BCUT2D eigenvalue weighted by Crippen LogP contribution is 2.42. The standard InChI is InChI=1S/C53H42O10/c54-48(37-22-8-1-9-23-37)60-45-44(36-58-53(41-30-16-5-17-31-41,42-32-18-6-19-33-42)43-34-20-7-21-35-43)59-52(63-51(57)40-28-14-4-15-29-40)47(62-50(56)39-26-12-3-13-27-39)46(45)61-49(55)38-24-10-2-11-25-38/h1-35,44-47,52H,36H2/t44-,45+,46+,47-,52?/m1/s1. The molecule has 0 spiro atoms. The zero-order chi connectivity index (χ0) is 43.4. The zero-order valence-electron chi connectivity index (χ0n) is 33.9. The summed E-state index contributed by atoms with van der Waals surface area (Å²) in [4.78, 5) is 56.2. The van der Waals surface area contributed by atoms with E-state index >= 15 is 0 Å². The largest absolute Gasteiger partial charge is 0.452 e. The fourth-order valence-corrected chi connectivity index (χ4v) is 7.53. The Morgan fingerprint density at radius 2 is 0.651 bits per heavy atom. The van der Waals surface area contributed by atoms with Crippen LogP contribution in [-0.4, -0.2) is 61.2 Å². The first-order valence-electron chi connectivity index (χ1n) is 20.4. The molecule has 1 aliphatic heterocycles. The number of carbonyl (C=O) groups excluding carboxylic acids is 4. The van der Waals surface area contributed by atoms with Crippen LogP contribution in [0, 0.1) is 0 Å². The van der Waals surface area contributed by atoms with Gasteiger partial charge in [0.05, 0.1) is 28.9 Å². The van der Waals surface area contributed by atoms with Gasteiger partial charge in [0.25, 0.3) is 0 Å². The first-order chi connectivity index (χ1) is 30.9. The molecule has 0 amide bonds. The third-order valence-electron chi connectivity index (χ3n) is 10.6. The molecule has 0 N–H and O–H groups in total. The van der Waals surface area contributed by atoms with Gasteiger partial charge in [0, 0.05) is 0 Å². The summed E-state index contributed by atoms with van der Waals surface area (Å²) in [5.41, 5.74) is 1.69. The quantitative estimate of drug-likeness (QED) is 0.0595. The van der Waals surface area contributed by atoms with Gasteiger partial charge in [-0.1, -0.05) is 164 Å². The van der Waals surface area contributed by atoms with Crippen LogP contribution in [-0.2, 0) is 34.0 Å². The summed E-state index contributed by atoms with van der Waals surface area (Å²) >= 11 is 0. The fraction of sp³-hybridized carbons (Fsp3) is 0.132. The molecule has 7 aromatic rings. The van der Waals surface area contributed by atoms with E-state index in [1.54, 1.807) is 121 Å². The van der Waals surface area contributed by atoms with E-state index in [0.717, 1.165) is 16.7 Å². The summed E-state index contributed by atoms with van der Waals surface area (Å²) in [6, 6.07) is 61.6. The lowest BCUT2D eigenvalue weighted by Crippen LogP contribution is -2.63. The Kier molecular flexibility index (Phi) is 13.2. The normalized spacial score (nSPS) is 18.3. The maximum atomic E-state index is 14.2.